The quantitative estimate of drug-likeness (QED) is 0.395. The van der Waals surface area contributed by atoms with Crippen LogP contribution in [0.25, 0.3) is 11.3 Å². The van der Waals surface area contributed by atoms with Crippen molar-refractivity contribution < 1.29 is 13.2 Å². The van der Waals surface area contributed by atoms with Crippen LogP contribution in [0.4, 0.5) is 16.5 Å². The van der Waals surface area contributed by atoms with Crippen molar-refractivity contribution in [3.8, 4) is 11.3 Å². The maximum absolute atomic E-state index is 13.1. The SMILES string of the molecule is O=C(CNc1ccccc1)Nc1nc(-c2ccc3c(c2)CCN3S(=O)(=O)c2ccccc2)cs1. The highest BCUT2D eigenvalue weighted by Crippen LogP contribution is 2.36. The molecule has 2 heterocycles. The van der Waals surface area contributed by atoms with Crippen LogP contribution in [-0.4, -0.2) is 32.4 Å². The number of aromatic nitrogens is 1. The monoisotopic (exact) mass is 490 g/mol. The number of benzene rings is 3. The molecule has 0 unspecified atom stereocenters. The normalized spacial score (nSPS) is 12.9. The van der Waals surface area contributed by atoms with Crippen molar-refractivity contribution in [2.45, 2.75) is 11.3 Å². The molecule has 0 saturated carbocycles. The number of rotatable bonds is 7. The Bertz CT molecular complexity index is 1420. The molecule has 1 amide bonds. The highest BCUT2D eigenvalue weighted by atomic mass is 32.2. The Morgan fingerprint density at radius 3 is 2.50 bits per heavy atom. The van der Waals surface area contributed by atoms with Crippen LogP contribution in [0.3, 0.4) is 0 Å². The summed E-state index contributed by atoms with van der Waals surface area (Å²) in [5.74, 6) is -0.180. The third-order valence-electron chi connectivity index (χ3n) is 5.54. The Balaban J connectivity index is 1.28. The molecule has 0 fully saturated rings. The van der Waals surface area contributed by atoms with Crippen molar-refractivity contribution in [1.29, 1.82) is 0 Å². The van der Waals surface area contributed by atoms with Gasteiger partial charge < -0.3 is 10.6 Å². The van der Waals surface area contributed by atoms with Crippen LogP contribution in [-0.2, 0) is 21.2 Å². The smallest absolute Gasteiger partial charge is 0.264 e. The number of anilines is 3. The Hall–Kier alpha value is -3.69. The van der Waals surface area contributed by atoms with Gasteiger partial charge >= 0.3 is 0 Å². The molecule has 1 aliphatic heterocycles. The van der Waals surface area contributed by atoms with Gasteiger partial charge in [0.05, 0.1) is 22.8 Å². The largest absolute Gasteiger partial charge is 0.376 e. The Kier molecular flexibility index (Phi) is 6.04. The summed E-state index contributed by atoms with van der Waals surface area (Å²) >= 11 is 1.35. The van der Waals surface area contributed by atoms with Gasteiger partial charge in [0.2, 0.25) is 5.91 Å². The van der Waals surface area contributed by atoms with Gasteiger partial charge in [0.25, 0.3) is 10.0 Å². The molecule has 3 aromatic carbocycles. The van der Waals surface area contributed by atoms with Gasteiger partial charge in [-0.3, -0.25) is 9.10 Å². The molecule has 34 heavy (non-hydrogen) atoms. The number of thiazole rings is 1. The van der Waals surface area contributed by atoms with Gasteiger partial charge in [-0.2, -0.15) is 0 Å². The summed E-state index contributed by atoms with van der Waals surface area (Å²) in [6, 6.07) is 23.7. The van der Waals surface area contributed by atoms with Crippen LogP contribution in [0.1, 0.15) is 5.56 Å². The lowest BCUT2D eigenvalue weighted by molar-refractivity contribution is -0.114. The first-order valence-electron chi connectivity index (χ1n) is 10.8. The lowest BCUT2D eigenvalue weighted by Gasteiger charge is -2.19. The first-order valence-corrected chi connectivity index (χ1v) is 13.1. The molecule has 1 aromatic heterocycles. The molecular formula is C25H22N4O3S2. The van der Waals surface area contributed by atoms with E-state index in [1.54, 1.807) is 30.3 Å². The summed E-state index contributed by atoms with van der Waals surface area (Å²) in [5.41, 5.74) is 4.16. The number of amides is 1. The number of nitrogens with one attached hydrogen (secondary N) is 2. The second-order valence-corrected chi connectivity index (χ2v) is 10.5. The van der Waals surface area contributed by atoms with E-state index in [2.05, 4.69) is 15.6 Å². The molecule has 5 rings (SSSR count). The van der Waals surface area contributed by atoms with E-state index in [4.69, 9.17) is 0 Å². The zero-order valence-electron chi connectivity index (χ0n) is 18.1. The number of hydrogen-bond acceptors (Lipinski definition) is 6. The van der Waals surface area contributed by atoms with Gasteiger partial charge in [-0.25, -0.2) is 13.4 Å². The molecule has 1 aliphatic rings. The van der Waals surface area contributed by atoms with E-state index in [9.17, 15) is 13.2 Å². The summed E-state index contributed by atoms with van der Waals surface area (Å²) in [6.45, 7) is 0.548. The summed E-state index contributed by atoms with van der Waals surface area (Å²) in [4.78, 5) is 17.1. The molecule has 0 atom stereocenters. The summed E-state index contributed by atoms with van der Waals surface area (Å²) < 4.78 is 27.6. The van der Waals surface area contributed by atoms with E-state index in [0.29, 0.717) is 23.8 Å². The summed E-state index contributed by atoms with van der Waals surface area (Å²) in [7, 11) is -3.60. The fraction of sp³-hybridized carbons (Fsp3) is 0.120. The molecule has 4 aromatic rings. The molecule has 0 spiro atoms. The number of nitrogens with zero attached hydrogens (tertiary/aromatic N) is 2. The number of fused-ring (bicyclic) bond motifs is 1. The van der Waals surface area contributed by atoms with Crippen molar-refractivity contribution in [3.63, 3.8) is 0 Å². The predicted molar refractivity (Wildman–Crippen MR) is 136 cm³/mol. The van der Waals surface area contributed by atoms with Crippen LogP contribution in [0.15, 0.2) is 89.1 Å². The van der Waals surface area contributed by atoms with Gasteiger partial charge in [-0.15, -0.1) is 11.3 Å². The van der Waals surface area contributed by atoms with Gasteiger partial charge in [0, 0.05) is 23.2 Å². The lowest BCUT2D eigenvalue weighted by Crippen LogP contribution is -2.29. The standard InChI is InChI=1S/C25H22N4O3S2/c30-24(16-26-20-7-3-1-4-8-20)28-25-27-22(17-33-25)18-11-12-23-19(15-18)13-14-29(23)34(31,32)21-9-5-2-6-10-21/h1-12,15,17,26H,13-14,16H2,(H,27,28,30). The molecule has 7 nitrogen and oxygen atoms in total. The third kappa shape index (κ3) is 4.52. The number of hydrogen-bond donors (Lipinski definition) is 2. The van der Waals surface area contributed by atoms with E-state index >= 15 is 0 Å². The second kappa shape index (κ2) is 9.28. The van der Waals surface area contributed by atoms with E-state index in [1.807, 2.05) is 53.9 Å². The maximum atomic E-state index is 13.1. The minimum atomic E-state index is -3.60. The van der Waals surface area contributed by atoms with Crippen molar-refractivity contribution in [2.24, 2.45) is 0 Å². The van der Waals surface area contributed by atoms with Crippen molar-refractivity contribution in [2.75, 3.05) is 28.0 Å². The second-order valence-electron chi connectivity index (χ2n) is 7.79. The highest BCUT2D eigenvalue weighted by molar-refractivity contribution is 7.92. The van der Waals surface area contributed by atoms with Crippen molar-refractivity contribution in [3.05, 3.63) is 89.8 Å². The van der Waals surface area contributed by atoms with Crippen molar-refractivity contribution in [1.82, 2.24) is 4.98 Å². The van der Waals surface area contributed by atoms with E-state index in [-0.39, 0.29) is 17.3 Å². The third-order valence-corrected chi connectivity index (χ3v) is 8.12. The number of sulfonamides is 1. The van der Waals surface area contributed by atoms with Crippen LogP contribution in [0, 0.1) is 0 Å². The van der Waals surface area contributed by atoms with Crippen LogP contribution in [0.2, 0.25) is 0 Å². The molecule has 9 heteroatoms. The first kappa shape index (κ1) is 22.1. The number of carbonyl (C=O) groups is 1. The number of para-hydroxylation sites is 1. The Morgan fingerprint density at radius 2 is 1.74 bits per heavy atom. The molecule has 0 saturated heterocycles. The minimum Gasteiger partial charge on any atom is -0.376 e. The zero-order valence-corrected chi connectivity index (χ0v) is 19.8. The fourth-order valence-corrected chi connectivity index (χ4v) is 6.13. The molecule has 172 valence electrons. The molecular weight excluding hydrogens is 468 g/mol. The average Bonchev–Trinajstić information content (AvgIpc) is 3.51. The summed E-state index contributed by atoms with van der Waals surface area (Å²) in [5, 5.41) is 8.29. The van der Waals surface area contributed by atoms with Gasteiger partial charge in [-0.05, 0) is 48.4 Å². The lowest BCUT2D eigenvalue weighted by atomic mass is 10.1. The topological polar surface area (TPSA) is 91.4 Å². The van der Waals surface area contributed by atoms with Crippen LogP contribution in [0.5, 0.6) is 0 Å². The fourth-order valence-electron chi connectivity index (χ4n) is 3.87. The molecule has 2 N–H and O–H groups in total. The van der Waals surface area contributed by atoms with Gasteiger partial charge in [0.15, 0.2) is 5.13 Å². The Labute approximate surface area is 202 Å². The highest BCUT2D eigenvalue weighted by Gasteiger charge is 2.31. The molecule has 0 aliphatic carbocycles. The zero-order chi connectivity index (χ0) is 23.5. The van der Waals surface area contributed by atoms with Crippen LogP contribution < -0.4 is 14.9 Å². The maximum Gasteiger partial charge on any atom is 0.264 e. The number of carbonyl (C=O) groups excluding carboxylic acids is 1. The van der Waals surface area contributed by atoms with E-state index < -0.39 is 10.0 Å². The van der Waals surface area contributed by atoms with Gasteiger partial charge in [0.1, 0.15) is 0 Å². The van der Waals surface area contributed by atoms with Crippen LogP contribution >= 0.6 is 11.3 Å². The molecule has 0 radical (unpaired) electrons. The Morgan fingerprint density at radius 1 is 1.00 bits per heavy atom. The minimum absolute atomic E-state index is 0.142. The predicted octanol–water partition coefficient (Wildman–Crippen LogP) is 4.61. The average molecular weight is 491 g/mol. The summed E-state index contributed by atoms with van der Waals surface area (Å²) in [6.07, 6.45) is 0.633. The van der Waals surface area contributed by atoms with E-state index in [1.165, 1.54) is 15.6 Å². The molecule has 0 bridgehead atoms. The van der Waals surface area contributed by atoms with Crippen molar-refractivity contribution >= 4 is 43.8 Å². The van der Waals surface area contributed by atoms with E-state index in [0.717, 1.165) is 22.5 Å². The van der Waals surface area contributed by atoms with Gasteiger partial charge in [-0.1, -0.05) is 42.5 Å². The first-order chi connectivity index (χ1) is 16.5.